The first-order valence-electron chi connectivity index (χ1n) is 9.27. The summed E-state index contributed by atoms with van der Waals surface area (Å²) in [6.45, 7) is 1.34. The molecule has 1 saturated heterocycles. The van der Waals surface area contributed by atoms with Crippen LogP contribution in [0.4, 0.5) is 5.69 Å². The fourth-order valence-electron chi connectivity index (χ4n) is 4.04. The molecule has 1 fully saturated rings. The van der Waals surface area contributed by atoms with Crippen LogP contribution in [0, 0.1) is 0 Å². The fraction of sp³-hybridized carbons (Fsp3) is 0.286. The first-order valence-corrected chi connectivity index (χ1v) is 10.1. The highest BCUT2D eigenvalue weighted by Gasteiger charge is 2.38. The Morgan fingerprint density at radius 1 is 1.04 bits per heavy atom. The minimum Gasteiger partial charge on any atom is -0.291 e. The summed E-state index contributed by atoms with van der Waals surface area (Å²) in [5, 5.41) is 1.10. The van der Waals surface area contributed by atoms with E-state index in [1.807, 2.05) is 30.3 Å². The summed E-state index contributed by atoms with van der Waals surface area (Å²) in [5.41, 5.74) is 2.26. The van der Waals surface area contributed by atoms with Crippen molar-refractivity contribution in [1.29, 1.82) is 0 Å². The number of amides is 1. The van der Waals surface area contributed by atoms with Gasteiger partial charge in [-0.1, -0.05) is 30.7 Å². The molecule has 0 bridgehead atoms. The molecule has 0 radical (unpaired) electrons. The van der Waals surface area contributed by atoms with Gasteiger partial charge in [0, 0.05) is 6.54 Å². The number of rotatable bonds is 3. The van der Waals surface area contributed by atoms with Crippen LogP contribution in [0.5, 0.6) is 0 Å². The van der Waals surface area contributed by atoms with Gasteiger partial charge in [-0.15, -0.1) is 11.3 Å². The molecule has 136 valence electrons. The second kappa shape index (κ2) is 6.55. The van der Waals surface area contributed by atoms with Crippen LogP contribution in [0.15, 0.2) is 48.5 Å². The monoisotopic (exact) mass is 377 g/mol. The topological polar surface area (TPSA) is 53.5 Å². The third-order valence-electron chi connectivity index (χ3n) is 5.41. The molecule has 0 saturated carbocycles. The highest BCUT2D eigenvalue weighted by molar-refractivity contribution is 7.18. The van der Waals surface area contributed by atoms with Crippen LogP contribution in [0.3, 0.4) is 0 Å². The molecule has 0 aliphatic carbocycles. The van der Waals surface area contributed by atoms with Gasteiger partial charge in [0.1, 0.15) is 5.01 Å². The van der Waals surface area contributed by atoms with Crippen molar-refractivity contribution in [2.75, 3.05) is 18.1 Å². The summed E-state index contributed by atoms with van der Waals surface area (Å²) in [6, 6.07) is 15.6. The smallest absolute Gasteiger partial charge is 0.291 e. The number of para-hydroxylation sites is 2. The van der Waals surface area contributed by atoms with Crippen LogP contribution >= 0.6 is 11.3 Å². The highest BCUT2D eigenvalue weighted by atomic mass is 32.1. The molecule has 2 aliphatic heterocycles. The molecule has 3 heterocycles. The number of anilines is 1. The zero-order valence-corrected chi connectivity index (χ0v) is 15.6. The summed E-state index contributed by atoms with van der Waals surface area (Å²) in [5.74, 6) is -0.830. The van der Waals surface area contributed by atoms with E-state index in [2.05, 4.69) is 11.0 Å². The van der Waals surface area contributed by atoms with E-state index in [0.717, 1.165) is 42.0 Å². The third-order valence-corrected chi connectivity index (χ3v) is 6.55. The Labute approximate surface area is 161 Å². The van der Waals surface area contributed by atoms with Crippen LogP contribution in [0.2, 0.25) is 0 Å². The second-order valence-corrected chi connectivity index (χ2v) is 8.13. The van der Waals surface area contributed by atoms with Gasteiger partial charge in [-0.3, -0.25) is 19.4 Å². The number of thiazole rings is 1. The zero-order valence-electron chi connectivity index (χ0n) is 14.8. The van der Waals surface area contributed by atoms with Gasteiger partial charge in [0.25, 0.3) is 5.78 Å². The van der Waals surface area contributed by atoms with Crippen molar-refractivity contribution in [3.8, 4) is 0 Å². The molecule has 5 rings (SSSR count). The number of likely N-dealkylation sites (tertiary alicyclic amines) is 1. The lowest BCUT2D eigenvalue weighted by Gasteiger charge is -2.36. The number of piperidine rings is 1. The number of carbonyl (C=O) groups is 2. The molecule has 0 unspecified atom stereocenters. The number of hydrogen-bond donors (Lipinski definition) is 0. The molecule has 1 atom stereocenters. The number of Topliss-reactive ketones (excluding diaryl/α,β-unsaturated/α-hetero) is 1. The lowest BCUT2D eigenvalue weighted by Crippen LogP contribution is -2.44. The lowest BCUT2D eigenvalue weighted by atomic mass is 10.0. The van der Waals surface area contributed by atoms with Crippen molar-refractivity contribution in [2.24, 2.45) is 0 Å². The van der Waals surface area contributed by atoms with E-state index >= 15 is 0 Å². The molecule has 2 aliphatic rings. The minimum atomic E-state index is -0.426. The van der Waals surface area contributed by atoms with Gasteiger partial charge in [0.05, 0.1) is 34.2 Å². The SMILES string of the molecule is O=C1C(=O)N(CN2CCCC[C@H]2c2nc3ccccc3s2)c2ccccc21. The van der Waals surface area contributed by atoms with Crippen molar-refractivity contribution in [1.82, 2.24) is 9.88 Å². The van der Waals surface area contributed by atoms with Crippen molar-refractivity contribution >= 4 is 38.9 Å². The van der Waals surface area contributed by atoms with Crippen LogP contribution in [-0.2, 0) is 4.79 Å². The van der Waals surface area contributed by atoms with Crippen LogP contribution in [-0.4, -0.2) is 34.8 Å². The normalized spacial score (nSPS) is 20.4. The van der Waals surface area contributed by atoms with Crippen molar-refractivity contribution in [3.05, 3.63) is 59.1 Å². The average Bonchev–Trinajstić information content (AvgIpc) is 3.24. The Bertz CT molecular complexity index is 1010. The Kier molecular flexibility index (Phi) is 4.02. The molecule has 2 aromatic carbocycles. The van der Waals surface area contributed by atoms with E-state index in [1.54, 1.807) is 28.4 Å². The first-order chi connectivity index (χ1) is 13.2. The molecule has 6 heteroatoms. The van der Waals surface area contributed by atoms with Crippen LogP contribution in [0.1, 0.15) is 40.7 Å². The fourth-order valence-corrected chi connectivity index (χ4v) is 5.18. The first kappa shape index (κ1) is 16.6. The zero-order chi connectivity index (χ0) is 18.4. The molecular formula is C21H19N3O2S. The molecule has 5 nitrogen and oxygen atoms in total. The van der Waals surface area contributed by atoms with E-state index in [4.69, 9.17) is 4.98 Å². The number of carbonyl (C=O) groups excluding carboxylic acids is 2. The molecule has 27 heavy (non-hydrogen) atoms. The summed E-state index contributed by atoms with van der Waals surface area (Å²) < 4.78 is 1.19. The van der Waals surface area contributed by atoms with Gasteiger partial charge in [-0.05, 0) is 37.1 Å². The molecule has 3 aromatic rings. The van der Waals surface area contributed by atoms with Crippen LogP contribution in [0.25, 0.3) is 10.2 Å². The Hall–Kier alpha value is -2.57. The summed E-state index contributed by atoms with van der Waals surface area (Å²) in [4.78, 5) is 33.6. The highest BCUT2D eigenvalue weighted by Crippen LogP contribution is 2.37. The maximum Gasteiger partial charge on any atom is 0.300 e. The number of fused-ring (bicyclic) bond motifs is 2. The average molecular weight is 377 g/mol. The van der Waals surface area contributed by atoms with Gasteiger partial charge in [-0.2, -0.15) is 0 Å². The molecule has 1 aromatic heterocycles. The van der Waals surface area contributed by atoms with Gasteiger partial charge in [0.15, 0.2) is 0 Å². The quantitative estimate of drug-likeness (QED) is 0.647. The van der Waals surface area contributed by atoms with Crippen LogP contribution < -0.4 is 4.90 Å². The maximum atomic E-state index is 12.6. The van der Waals surface area contributed by atoms with E-state index in [1.165, 1.54) is 4.70 Å². The summed E-state index contributed by atoms with van der Waals surface area (Å²) >= 11 is 1.73. The van der Waals surface area contributed by atoms with Crippen molar-refractivity contribution < 1.29 is 9.59 Å². The number of aromatic nitrogens is 1. The lowest BCUT2D eigenvalue weighted by molar-refractivity contribution is -0.114. The number of benzene rings is 2. The number of hydrogen-bond acceptors (Lipinski definition) is 5. The minimum absolute atomic E-state index is 0.187. The second-order valence-electron chi connectivity index (χ2n) is 7.06. The molecule has 0 spiro atoms. The van der Waals surface area contributed by atoms with Gasteiger partial charge in [-0.25, -0.2) is 4.98 Å². The van der Waals surface area contributed by atoms with Crippen molar-refractivity contribution in [2.45, 2.75) is 25.3 Å². The van der Waals surface area contributed by atoms with Gasteiger partial charge < -0.3 is 0 Å². The number of nitrogens with zero attached hydrogens (tertiary/aromatic N) is 3. The van der Waals surface area contributed by atoms with Crippen molar-refractivity contribution in [3.63, 3.8) is 0 Å². The third kappa shape index (κ3) is 2.76. The van der Waals surface area contributed by atoms with Gasteiger partial charge in [0.2, 0.25) is 0 Å². The van der Waals surface area contributed by atoms with E-state index in [-0.39, 0.29) is 6.04 Å². The number of ketones is 1. The summed E-state index contributed by atoms with van der Waals surface area (Å²) in [6.07, 6.45) is 3.27. The Morgan fingerprint density at radius 3 is 2.74 bits per heavy atom. The predicted molar refractivity (Wildman–Crippen MR) is 106 cm³/mol. The van der Waals surface area contributed by atoms with E-state index in [0.29, 0.717) is 12.2 Å². The van der Waals surface area contributed by atoms with E-state index < -0.39 is 11.7 Å². The molecular weight excluding hydrogens is 358 g/mol. The predicted octanol–water partition coefficient (Wildman–Crippen LogP) is 4.01. The Balaban J connectivity index is 1.46. The largest absolute Gasteiger partial charge is 0.300 e. The summed E-state index contributed by atoms with van der Waals surface area (Å²) in [7, 11) is 0. The van der Waals surface area contributed by atoms with E-state index in [9.17, 15) is 9.59 Å². The molecule has 1 amide bonds. The maximum absolute atomic E-state index is 12.6. The standard InChI is InChI=1S/C21H19N3O2S/c25-19-14-7-1-3-9-16(14)24(21(19)26)13-23-12-6-5-10-17(23)20-22-15-8-2-4-11-18(15)27-20/h1-4,7-9,11,17H,5-6,10,12-13H2/t17-/m0/s1. The Morgan fingerprint density at radius 2 is 1.85 bits per heavy atom. The molecule has 0 N–H and O–H groups in total. The van der Waals surface area contributed by atoms with Gasteiger partial charge >= 0.3 is 5.91 Å².